The predicted molar refractivity (Wildman–Crippen MR) is 73.5 cm³/mol. The fourth-order valence-electron chi connectivity index (χ4n) is 2.75. The van der Waals surface area contributed by atoms with E-state index in [0.29, 0.717) is 0 Å². The number of hydrogen-bond acceptors (Lipinski definition) is 3. The molecule has 1 unspecified atom stereocenters. The van der Waals surface area contributed by atoms with Crippen molar-refractivity contribution in [1.82, 2.24) is 10.2 Å². The zero-order valence-electron chi connectivity index (χ0n) is 10.6. The Morgan fingerprint density at radius 3 is 2.82 bits per heavy atom. The first kappa shape index (κ1) is 11.7. The molecule has 0 aromatic carbocycles. The minimum absolute atomic E-state index is 0.747. The first-order valence-electron chi connectivity index (χ1n) is 6.84. The Bertz CT molecular complexity index is 364. The third kappa shape index (κ3) is 3.09. The van der Waals surface area contributed by atoms with E-state index in [9.17, 15) is 0 Å². The molecule has 94 valence electrons. The molecule has 1 N–H and O–H groups in total. The van der Waals surface area contributed by atoms with Gasteiger partial charge in [-0.15, -0.1) is 11.3 Å². The van der Waals surface area contributed by atoms with Gasteiger partial charge in [-0.2, -0.15) is 0 Å². The van der Waals surface area contributed by atoms with Crippen LogP contribution in [0.4, 0.5) is 0 Å². The molecular formula is C14H22N2S. The summed E-state index contributed by atoms with van der Waals surface area (Å²) < 4.78 is 0. The monoisotopic (exact) mass is 250 g/mol. The minimum Gasteiger partial charge on any atom is -0.313 e. The summed E-state index contributed by atoms with van der Waals surface area (Å²) in [5, 5.41) is 3.62. The average Bonchev–Trinajstić information content (AvgIpc) is 2.89. The Kier molecular flexibility index (Phi) is 3.50. The molecule has 1 atom stereocenters. The summed E-state index contributed by atoms with van der Waals surface area (Å²) in [5.74, 6) is 0. The topological polar surface area (TPSA) is 15.3 Å². The Hall–Kier alpha value is -0.380. The van der Waals surface area contributed by atoms with Crippen LogP contribution in [-0.2, 0) is 6.54 Å². The number of hydrogen-bond donors (Lipinski definition) is 1. The van der Waals surface area contributed by atoms with Crippen LogP contribution in [0.2, 0.25) is 0 Å². The van der Waals surface area contributed by atoms with Crippen molar-refractivity contribution in [2.45, 2.75) is 51.2 Å². The normalized spacial score (nSPS) is 24.7. The molecule has 1 saturated heterocycles. The summed E-state index contributed by atoms with van der Waals surface area (Å²) in [6, 6.07) is 6.17. The molecule has 2 heterocycles. The number of rotatable bonds is 5. The van der Waals surface area contributed by atoms with Crippen molar-refractivity contribution in [3.05, 3.63) is 21.9 Å². The first-order valence-corrected chi connectivity index (χ1v) is 7.65. The van der Waals surface area contributed by atoms with Crippen LogP contribution in [0.15, 0.2) is 12.1 Å². The molecule has 2 aliphatic rings. The Labute approximate surface area is 108 Å². The lowest BCUT2D eigenvalue weighted by Crippen LogP contribution is -2.38. The lowest BCUT2D eigenvalue weighted by Gasteiger charge is -2.25. The fourth-order valence-corrected chi connectivity index (χ4v) is 3.66. The molecule has 1 aromatic rings. The van der Waals surface area contributed by atoms with E-state index >= 15 is 0 Å². The summed E-state index contributed by atoms with van der Waals surface area (Å²) >= 11 is 1.96. The van der Waals surface area contributed by atoms with Gasteiger partial charge in [-0.1, -0.05) is 0 Å². The van der Waals surface area contributed by atoms with Crippen molar-refractivity contribution in [3.63, 3.8) is 0 Å². The molecule has 3 rings (SSSR count). The van der Waals surface area contributed by atoms with E-state index in [1.54, 1.807) is 0 Å². The molecule has 17 heavy (non-hydrogen) atoms. The third-order valence-corrected chi connectivity index (χ3v) is 4.82. The van der Waals surface area contributed by atoms with Gasteiger partial charge in [0.2, 0.25) is 0 Å². The van der Waals surface area contributed by atoms with Crippen LogP contribution in [0.3, 0.4) is 0 Å². The first-order chi connectivity index (χ1) is 8.31. The Morgan fingerprint density at radius 1 is 1.35 bits per heavy atom. The van der Waals surface area contributed by atoms with Crippen LogP contribution in [0.1, 0.15) is 35.4 Å². The van der Waals surface area contributed by atoms with Crippen molar-refractivity contribution in [3.8, 4) is 0 Å². The van der Waals surface area contributed by atoms with E-state index in [1.165, 1.54) is 55.1 Å². The smallest absolute Gasteiger partial charge is 0.0331 e. The molecule has 1 saturated carbocycles. The van der Waals surface area contributed by atoms with E-state index in [0.717, 1.165) is 12.1 Å². The van der Waals surface area contributed by atoms with Gasteiger partial charge >= 0.3 is 0 Å². The van der Waals surface area contributed by atoms with Gasteiger partial charge in [0.15, 0.2) is 0 Å². The maximum Gasteiger partial charge on any atom is 0.0331 e. The van der Waals surface area contributed by atoms with Crippen molar-refractivity contribution in [1.29, 1.82) is 0 Å². The van der Waals surface area contributed by atoms with Gasteiger partial charge in [-0.05, 0) is 51.3 Å². The number of thiophene rings is 1. The second-order valence-electron chi connectivity index (χ2n) is 5.47. The number of nitrogens with one attached hydrogen (secondary N) is 1. The highest BCUT2D eigenvalue weighted by atomic mass is 32.1. The Morgan fingerprint density at radius 2 is 2.24 bits per heavy atom. The van der Waals surface area contributed by atoms with E-state index in [4.69, 9.17) is 0 Å². The van der Waals surface area contributed by atoms with Gasteiger partial charge in [0.25, 0.3) is 0 Å². The predicted octanol–water partition coefficient (Wildman–Crippen LogP) is 2.77. The summed E-state index contributed by atoms with van der Waals surface area (Å²) in [5.41, 5.74) is 0. The molecule has 0 radical (unpaired) electrons. The van der Waals surface area contributed by atoms with Crippen molar-refractivity contribution >= 4 is 11.3 Å². The molecule has 3 heteroatoms. The van der Waals surface area contributed by atoms with Crippen LogP contribution < -0.4 is 5.32 Å². The highest BCUT2D eigenvalue weighted by molar-refractivity contribution is 7.11. The van der Waals surface area contributed by atoms with Crippen molar-refractivity contribution in [2.75, 3.05) is 13.1 Å². The van der Waals surface area contributed by atoms with E-state index < -0.39 is 0 Å². The van der Waals surface area contributed by atoms with Gasteiger partial charge in [0, 0.05) is 34.9 Å². The maximum atomic E-state index is 3.62. The summed E-state index contributed by atoms with van der Waals surface area (Å²) in [6.07, 6.45) is 5.56. The zero-order chi connectivity index (χ0) is 11.7. The number of aryl methyl sites for hydroxylation is 1. The second-order valence-corrected chi connectivity index (χ2v) is 6.84. The SMILES string of the molecule is Cc1ccc(CN(CC2CCCN2)C2CC2)s1. The molecule has 2 nitrogen and oxygen atoms in total. The van der Waals surface area contributed by atoms with Crippen molar-refractivity contribution in [2.24, 2.45) is 0 Å². The quantitative estimate of drug-likeness (QED) is 0.864. The van der Waals surface area contributed by atoms with E-state index in [-0.39, 0.29) is 0 Å². The zero-order valence-corrected chi connectivity index (χ0v) is 11.4. The van der Waals surface area contributed by atoms with Gasteiger partial charge < -0.3 is 5.32 Å². The lowest BCUT2D eigenvalue weighted by molar-refractivity contribution is 0.233. The summed E-state index contributed by atoms with van der Waals surface area (Å²) in [6.45, 7) is 5.85. The van der Waals surface area contributed by atoms with E-state index in [2.05, 4.69) is 29.3 Å². The second kappa shape index (κ2) is 5.09. The maximum absolute atomic E-state index is 3.62. The van der Waals surface area contributed by atoms with Crippen molar-refractivity contribution < 1.29 is 0 Å². The summed E-state index contributed by atoms with van der Waals surface area (Å²) in [4.78, 5) is 5.68. The Balaban J connectivity index is 1.59. The molecule has 2 fully saturated rings. The molecule has 0 amide bonds. The van der Waals surface area contributed by atoms with E-state index in [1.807, 2.05) is 11.3 Å². The molecular weight excluding hydrogens is 228 g/mol. The highest BCUT2D eigenvalue weighted by Gasteiger charge is 2.31. The fraction of sp³-hybridized carbons (Fsp3) is 0.714. The van der Waals surface area contributed by atoms with Crippen LogP contribution in [0, 0.1) is 6.92 Å². The average molecular weight is 250 g/mol. The minimum atomic E-state index is 0.747. The van der Waals surface area contributed by atoms with Crippen LogP contribution >= 0.6 is 11.3 Å². The van der Waals surface area contributed by atoms with Crippen LogP contribution in [-0.4, -0.2) is 30.1 Å². The largest absolute Gasteiger partial charge is 0.313 e. The van der Waals surface area contributed by atoms with Crippen LogP contribution in [0.5, 0.6) is 0 Å². The molecule has 0 spiro atoms. The highest BCUT2D eigenvalue weighted by Crippen LogP contribution is 2.30. The number of nitrogens with zero attached hydrogens (tertiary/aromatic N) is 1. The van der Waals surface area contributed by atoms with Gasteiger partial charge in [-0.3, -0.25) is 4.90 Å². The molecule has 1 aromatic heterocycles. The van der Waals surface area contributed by atoms with Gasteiger partial charge in [0.1, 0.15) is 0 Å². The van der Waals surface area contributed by atoms with Gasteiger partial charge in [-0.25, -0.2) is 0 Å². The molecule has 0 bridgehead atoms. The standard InChI is InChI=1S/C14H22N2S/c1-11-4-7-14(17-11)10-16(13-5-6-13)9-12-3-2-8-15-12/h4,7,12-13,15H,2-3,5-6,8-10H2,1H3. The van der Waals surface area contributed by atoms with Crippen LogP contribution in [0.25, 0.3) is 0 Å². The third-order valence-electron chi connectivity index (χ3n) is 3.84. The van der Waals surface area contributed by atoms with Gasteiger partial charge in [0.05, 0.1) is 0 Å². The molecule has 1 aliphatic carbocycles. The lowest BCUT2D eigenvalue weighted by atomic mass is 10.2. The summed E-state index contributed by atoms with van der Waals surface area (Å²) in [7, 11) is 0. The molecule has 1 aliphatic heterocycles.